The molecule has 1 aromatic rings. The Hall–Kier alpha value is -1.91. The van der Waals surface area contributed by atoms with Crippen molar-refractivity contribution >= 4 is 5.91 Å². The molecule has 0 radical (unpaired) electrons. The second-order valence-electron chi connectivity index (χ2n) is 6.28. The Morgan fingerprint density at radius 3 is 2.13 bits per heavy atom. The first-order valence-corrected chi connectivity index (χ1v) is 8.11. The van der Waals surface area contributed by atoms with Crippen LogP contribution in [-0.4, -0.2) is 33.8 Å². The molecule has 0 bridgehead atoms. The van der Waals surface area contributed by atoms with E-state index in [0.29, 0.717) is 30.2 Å². The van der Waals surface area contributed by atoms with E-state index in [9.17, 15) is 4.79 Å². The van der Waals surface area contributed by atoms with Crippen LogP contribution in [0.4, 0.5) is 0 Å². The molecule has 0 unspecified atom stereocenters. The highest BCUT2D eigenvalue weighted by atomic mass is 16.5. The largest absolute Gasteiger partial charge is 0.496 e. The maximum Gasteiger partial charge on any atom is 0.225 e. The predicted octanol–water partition coefficient (Wildman–Crippen LogP) is 2.95. The average molecular weight is 321 g/mol. The van der Waals surface area contributed by atoms with Crippen molar-refractivity contribution in [3.05, 3.63) is 17.7 Å². The van der Waals surface area contributed by atoms with E-state index in [2.05, 4.69) is 12.2 Å². The van der Waals surface area contributed by atoms with Gasteiger partial charge in [0, 0.05) is 29.7 Å². The molecule has 5 heteroatoms. The summed E-state index contributed by atoms with van der Waals surface area (Å²) in [6, 6.07) is 3.66. The van der Waals surface area contributed by atoms with E-state index in [4.69, 9.17) is 14.2 Å². The van der Waals surface area contributed by atoms with Crippen molar-refractivity contribution < 1.29 is 19.0 Å². The fourth-order valence-electron chi connectivity index (χ4n) is 3.22. The van der Waals surface area contributed by atoms with E-state index in [1.807, 2.05) is 12.1 Å². The summed E-state index contributed by atoms with van der Waals surface area (Å²) in [7, 11) is 4.85. The van der Waals surface area contributed by atoms with E-state index in [-0.39, 0.29) is 11.3 Å². The minimum atomic E-state index is -0.200. The van der Waals surface area contributed by atoms with E-state index in [1.54, 1.807) is 21.3 Å². The Kier molecular flexibility index (Phi) is 5.74. The third kappa shape index (κ3) is 3.89. The highest BCUT2D eigenvalue weighted by Crippen LogP contribution is 2.38. The zero-order valence-electron chi connectivity index (χ0n) is 14.5. The molecule has 0 saturated heterocycles. The molecule has 2 rings (SSSR count). The lowest BCUT2D eigenvalue weighted by molar-refractivity contribution is -0.129. The Balaban J connectivity index is 2.03. The predicted molar refractivity (Wildman–Crippen MR) is 89.4 cm³/mol. The van der Waals surface area contributed by atoms with Gasteiger partial charge >= 0.3 is 0 Å². The maximum absolute atomic E-state index is 12.4. The summed E-state index contributed by atoms with van der Waals surface area (Å²) in [5.74, 6) is 2.26. The normalized spacial score (nSPS) is 16.0. The third-order valence-electron chi connectivity index (χ3n) is 4.73. The van der Waals surface area contributed by atoms with Crippen molar-refractivity contribution in [3.63, 3.8) is 0 Å². The summed E-state index contributed by atoms with van der Waals surface area (Å²) >= 11 is 0. The van der Waals surface area contributed by atoms with Crippen molar-refractivity contribution in [2.24, 2.45) is 5.41 Å². The molecule has 0 spiro atoms. The number of carbonyl (C=O) groups is 1. The summed E-state index contributed by atoms with van der Waals surface area (Å²) in [4.78, 5) is 12.4. The standard InChI is InChI=1S/C18H27NO4/c1-18(8-5-6-9-18)17(20)19-10-7-14-15(22-3)11-13(21-2)12-16(14)23-4/h11-12H,5-10H2,1-4H3,(H,19,20). The summed E-state index contributed by atoms with van der Waals surface area (Å²) in [6.45, 7) is 2.62. The van der Waals surface area contributed by atoms with Gasteiger partial charge in [-0.2, -0.15) is 0 Å². The second kappa shape index (κ2) is 7.57. The number of hydrogen-bond acceptors (Lipinski definition) is 4. The van der Waals surface area contributed by atoms with Crippen LogP contribution in [0, 0.1) is 5.41 Å². The molecule has 0 aromatic heterocycles. The molecule has 1 N–H and O–H groups in total. The van der Waals surface area contributed by atoms with Crippen LogP contribution >= 0.6 is 0 Å². The molecule has 128 valence electrons. The fraction of sp³-hybridized carbons (Fsp3) is 0.611. The van der Waals surface area contributed by atoms with Crippen LogP contribution in [0.1, 0.15) is 38.2 Å². The number of ether oxygens (including phenoxy) is 3. The highest BCUT2D eigenvalue weighted by molar-refractivity contribution is 5.82. The lowest BCUT2D eigenvalue weighted by Gasteiger charge is -2.22. The number of nitrogens with one attached hydrogen (secondary N) is 1. The first-order chi connectivity index (χ1) is 11.0. The van der Waals surface area contributed by atoms with Gasteiger partial charge in [-0.25, -0.2) is 0 Å². The molecular formula is C18H27NO4. The Labute approximate surface area is 138 Å². The van der Waals surface area contributed by atoms with Crippen LogP contribution in [0.5, 0.6) is 17.2 Å². The van der Waals surface area contributed by atoms with Crippen LogP contribution in [-0.2, 0) is 11.2 Å². The topological polar surface area (TPSA) is 56.8 Å². The Bertz CT molecular complexity index is 525. The van der Waals surface area contributed by atoms with E-state index < -0.39 is 0 Å². The fourth-order valence-corrected chi connectivity index (χ4v) is 3.22. The zero-order chi connectivity index (χ0) is 16.9. The summed E-state index contributed by atoms with van der Waals surface area (Å²) in [5.41, 5.74) is 0.737. The average Bonchev–Trinajstić information content (AvgIpc) is 3.02. The lowest BCUT2D eigenvalue weighted by Crippen LogP contribution is -2.38. The van der Waals surface area contributed by atoms with Crippen molar-refractivity contribution in [2.75, 3.05) is 27.9 Å². The Morgan fingerprint density at radius 2 is 1.65 bits per heavy atom. The second-order valence-corrected chi connectivity index (χ2v) is 6.28. The van der Waals surface area contributed by atoms with Gasteiger partial charge in [0.1, 0.15) is 17.2 Å². The number of hydrogen-bond donors (Lipinski definition) is 1. The lowest BCUT2D eigenvalue weighted by atomic mass is 9.88. The molecule has 1 aromatic carbocycles. The molecule has 1 aliphatic rings. The number of benzene rings is 1. The quantitative estimate of drug-likeness (QED) is 0.839. The zero-order valence-corrected chi connectivity index (χ0v) is 14.5. The first kappa shape index (κ1) is 17.4. The number of amides is 1. The van der Waals surface area contributed by atoms with Gasteiger partial charge in [0.2, 0.25) is 5.91 Å². The smallest absolute Gasteiger partial charge is 0.225 e. The van der Waals surface area contributed by atoms with Gasteiger partial charge < -0.3 is 19.5 Å². The van der Waals surface area contributed by atoms with Crippen LogP contribution in [0.25, 0.3) is 0 Å². The summed E-state index contributed by atoms with van der Waals surface area (Å²) in [5, 5.41) is 3.06. The molecule has 23 heavy (non-hydrogen) atoms. The van der Waals surface area contributed by atoms with E-state index >= 15 is 0 Å². The van der Waals surface area contributed by atoms with Crippen molar-refractivity contribution in [2.45, 2.75) is 39.0 Å². The Morgan fingerprint density at radius 1 is 1.09 bits per heavy atom. The van der Waals surface area contributed by atoms with Gasteiger partial charge in [-0.1, -0.05) is 19.8 Å². The van der Waals surface area contributed by atoms with Gasteiger partial charge in [0.05, 0.1) is 21.3 Å². The minimum absolute atomic E-state index is 0.154. The van der Waals surface area contributed by atoms with Crippen molar-refractivity contribution in [1.29, 1.82) is 0 Å². The molecule has 1 aliphatic carbocycles. The SMILES string of the molecule is COc1cc(OC)c(CCNC(=O)C2(C)CCCC2)c(OC)c1. The van der Waals surface area contributed by atoms with E-state index in [1.165, 1.54) is 0 Å². The molecule has 0 atom stereocenters. The van der Waals surface area contributed by atoms with Gasteiger partial charge in [-0.05, 0) is 19.3 Å². The molecule has 1 amide bonds. The van der Waals surface area contributed by atoms with Crippen molar-refractivity contribution in [3.8, 4) is 17.2 Å². The summed E-state index contributed by atoms with van der Waals surface area (Å²) in [6.07, 6.45) is 4.90. The highest BCUT2D eigenvalue weighted by Gasteiger charge is 2.35. The number of carbonyl (C=O) groups excluding carboxylic acids is 1. The maximum atomic E-state index is 12.4. The molecule has 0 heterocycles. The molecule has 0 aliphatic heterocycles. The van der Waals surface area contributed by atoms with Gasteiger partial charge in [-0.15, -0.1) is 0 Å². The van der Waals surface area contributed by atoms with Crippen LogP contribution in [0.3, 0.4) is 0 Å². The van der Waals surface area contributed by atoms with Crippen LogP contribution in [0.15, 0.2) is 12.1 Å². The van der Waals surface area contributed by atoms with Gasteiger partial charge in [0.15, 0.2) is 0 Å². The van der Waals surface area contributed by atoms with E-state index in [0.717, 1.165) is 31.2 Å². The minimum Gasteiger partial charge on any atom is -0.496 e. The van der Waals surface area contributed by atoms with Gasteiger partial charge in [-0.3, -0.25) is 4.79 Å². The van der Waals surface area contributed by atoms with Crippen molar-refractivity contribution in [1.82, 2.24) is 5.32 Å². The number of rotatable bonds is 7. The third-order valence-corrected chi connectivity index (χ3v) is 4.73. The van der Waals surface area contributed by atoms with Gasteiger partial charge in [0.25, 0.3) is 0 Å². The molecule has 5 nitrogen and oxygen atoms in total. The molecular weight excluding hydrogens is 294 g/mol. The molecule has 1 saturated carbocycles. The monoisotopic (exact) mass is 321 g/mol. The number of methoxy groups -OCH3 is 3. The van der Waals surface area contributed by atoms with Crippen LogP contribution in [0.2, 0.25) is 0 Å². The summed E-state index contributed by atoms with van der Waals surface area (Å²) < 4.78 is 16.1. The first-order valence-electron chi connectivity index (χ1n) is 8.11. The van der Waals surface area contributed by atoms with Crippen LogP contribution < -0.4 is 19.5 Å². The molecule has 1 fully saturated rings.